The van der Waals surface area contributed by atoms with Crippen LogP contribution >= 0.6 is 7.37 Å². The van der Waals surface area contributed by atoms with Crippen molar-refractivity contribution in [3.63, 3.8) is 0 Å². The molecule has 122 valence electrons. The van der Waals surface area contributed by atoms with Gasteiger partial charge in [-0.05, 0) is 0 Å². The smallest absolute Gasteiger partial charge is 0.280 e. The number of aromatic amines is 1. The third-order valence-corrected chi connectivity index (χ3v) is 5.91. The van der Waals surface area contributed by atoms with Crippen molar-refractivity contribution < 1.29 is 14.2 Å². The Bertz CT molecular complexity index is 776. The summed E-state index contributed by atoms with van der Waals surface area (Å²) in [4.78, 5) is 31.9. The summed E-state index contributed by atoms with van der Waals surface area (Å²) in [5.74, 6) is 0.00719. The van der Waals surface area contributed by atoms with Gasteiger partial charge in [0.15, 0.2) is 11.2 Å². The molecule has 0 saturated carbocycles. The Morgan fingerprint density at radius 1 is 1.50 bits per heavy atom. The molecule has 1 atom stereocenters. The van der Waals surface area contributed by atoms with Gasteiger partial charge in [0.2, 0.25) is 13.3 Å². The van der Waals surface area contributed by atoms with Gasteiger partial charge in [0, 0.05) is 11.7 Å². The molecule has 0 aliphatic heterocycles. The number of nitrogens with zero attached hydrogens (tertiary/aromatic N) is 3. The minimum Gasteiger partial charge on any atom is -0.369 e. The number of fused-ring (bicyclic) bond motifs is 1. The summed E-state index contributed by atoms with van der Waals surface area (Å²) in [6.45, 7) is 5.62. The van der Waals surface area contributed by atoms with Crippen LogP contribution in [0, 0.1) is 0 Å². The zero-order chi connectivity index (χ0) is 16.5. The lowest BCUT2D eigenvalue weighted by molar-refractivity contribution is 0.157. The van der Waals surface area contributed by atoms with Gasteiger partial charge in [0.05, 0.1) is 12.9 Å². The number of nitrogens with two attached hydrogens (primary N) is 1. The average molecular weight is 329 g/mol. The molecule has 10 heteroatoms. The van der Waals surface area contributed by atoms with Crippen LogP contribution in [0.3, 0.4) is 0 Å². The fourth-order valence-corrected chi connectivity index (χ4v) is 2.44. The van der Waals surface area contributed by atoms with Crippen LogP contribution in [-0.4, -0.2) is 42.5 Å². The van der Waals surface area contributed by atoms with Crippen LogP contribution in [0.4, 0.5) is 5.95 Å². The second-order valence-electron chi connectivity index (χ2n) is 5.97. The number of aromatic nitrogens is 4. The van der Waals surface area contributed by atoms with Gasteiger partial charge in [-0.1, -0.05) is 20.8 Å². The second kappa shape index (κ2) is 5.83. The van der Waals surface area contributed by atoms with E-state index in [2.05, 4.69) is 15.0 Å². The number of anilines is 1. The van der Waals surface area contributed by atoms with Gasteiger partial charge in [-0.2, -0.15) is 4.98 Å². The Morgan fingerprint density at radius 2 is 2.18 bits per heavy atom. The summed E-state index contributed by atoms with van der Waals surface area (Å²) in [7, 11) is -3.38. The SMILES string of the molecule is CC(C)(C)P(=O)(O)COCCn1cnc2c(=O)[nH]c(N)nc21. The van der Waals surface area contributed by atoms with E-state index in [0.29, 0.717) is 12.2 Å². The van der Waals surface area contributed by atoms with Crippen molar-refractivity contribution in [2.45, 2.75) is 32.5 Å². The van der Waals surface area contributed by atoms with E-state index in [4.69, 9.17) is 10.5 Å². The van der Waals surface area contributed by atoms with E-state index in [-0.39, 0.29) is 24.4 Å². The van der Waals surface area contributed by atoms with Crippen LogP contribution in [0.5, 0.6) is 0 Å². The highest BCUT2D eigenvalue weighted by Crippen LogP contribution is 2.53. The van der Waals surface area contributed by atoms with Gasteiger partial charge in [0.1, 0.15) is 6.35 Å². The first-order chi connectivity index (χ1) is 10.1. The summed E-state index contributed by atoms with van der Waals surface area (Å²) < 4.78 is 18.9. The van der Waals surface area contributed by atoms with Gasteiger partial charge >= 0.3 is 0 Å². The molecule has 9 nitrogen and oxygen atoms in total. The number of nitrogens with one attached hydrogen (secondary N) is 1. The summed E-state index contributed by atoms with van der Waals surface area (Å²) in [5.41, 5.74) is 5.64. The predicted molar refractivity (Wildman–Crippen MR) is 83.0 cm³/mol. The number of ether oxygens (including phenoxy) is 1. The van der Waals surface area contributed by atoms with Crippen LogP contribution in [0.1, 0.15) is 20.8 Å². The van der Waals surface area contributed by atoms with Crippen LogP contribution in [0.2, 0.25) is 0 Å². The molecule has 0 fully saturated rings. The third-order valence-electron chi connectivity index (χ3n) is 3.28. The number of hydrogen-bond acceptors (Lipinski definition) is 6. The topological polar surface area (TPSA) is 136 Å². The molecule has 0 amide bonds. The van der Waals surface area contributed by atoms with Gasteiger partial charge < -0.3 is 19.9 Å². The van der Waals surface area contributed by atoms with E-state index in [9.17, 15) is 14.3 Å². The Balaban J connectivity index is 2.02. The Labute approximate surface area is 127 Å². The van der Waals surface area contributed by atoms with Gasteiger partial charge in [-0.15, -0.1) is 0 Å². The molecule has 0 aromatic carbocycles. The van der Waals surface area contributed by atoms with E-state index in [0.717, 1.165) is 0 Å². The first kappa shape index (κ1) is 16.7. The first-order valence-corrected chi connectivity index (χ1v) is 8.56. The number of imidazole rings is 1. The van der Waals surface area contributed by atoms with Crippen molar-refractivity contribution >= 4 is 24.5 Å². The lowest BCUT2D eigenvalue weighted by Gasteiger charge is -2.25. The molecule has 0 aliphatic rings. The molecular weight excluding hydrogens is 309 g/mol. The molecule has 0 radical (unpaired) electrons. The van der Waals surface area contributed by atoms with E-state index >= 15 is 0 Å². The van der Waals surface area contributed by atoms with E-state index in [1.807, 2.05) is 0 Å². The molecule has 2 rings (SSSR count). The zero-order valence-electron chi connectivity index (χ0n) is 12.7. The maximum Gasteiger partial charge on any atom is 0.280 e. The average Bonchev–Trinajstić information content (AvgIpc) is 2.76. The molecule has 1 unspecified atom stereocenters. The summed E-state index contributed by atoms with van der Waals surface area (Å²) >= 11 is 0. The maximum atomic E-state index is 12.0. The quantitative estimate of drug-likeness (QED) is 0.543. The van der Waals surface area contributed by atoms with Gasteiger partial charge in [0.25, 0.3) is 5.56 Å². The van der Waals surface area contributed by atoms with Crippen molar-refractivity contribution in [2.24, 2.45) is 0 Å². The van der Waals surface area contributed by atoms with E-state index in [1.165, 1.54) is 6.33 Å². The van der Waals surface area contributed by atoms with Crippen LogP contribution in [-0.2, 0) is 15.8 Å². The second-order valence-corrected chi connectivity index (χ2v) is 8.97. The summed E-state index contributed by atoms with van der Waals surface area (Å²) in [6, 6.07) is 0. The first-order valence-electron chi connectivity index (χ1n) is 6.72. The molecule has 2 aromatic rings. The molecule has 0 aliphatic carbocycles. The highest BCUT2D eigenvalue weighted by molar-refractivity contribution is 7.59. The number of nitrogen functional groups attached to an aromatic ring is 1. The highest BCUT2D eigenvalue weighted by Gasteiger charge is 2.34. The van der Waals surface area contributed by atoms with Crippen molar-refractivity contribution in [1.29, 1.82) is 0 Å². The van der Waals surface area contributed by atoms with Crippen molar-refractivity contribution in [2.75, 3.05) is 18.7 Å². The Hall–Kier alpha value is -1.70. The largest absolute Gasteiger partial charge is 0.369 e. The lowest BCUT2D eigenvalue weighted by atomic mass is 10.3. The number of H-pyrrole nitrogens is 1. The molecule has 0 bridgehead atoms. The van der Waals surface area contributed by atoms with Crippen molar-refractivity contribution in [1.82, 2.24) is 19.5 Å². The van der Waals surface area contributed by atoms with Crippen LogP contribution < -0.4 is 11.3 Å². The molecular formula is C12H20N5O4P. The molecule has 2 aromatic heterocycles. The van der Waals surface area contributed by atoms with Crippen LogP contribution in [0.25, 0.3) is 11.2 Å². The van der Waals surface area contributed by atoms with Crippen molar-refractivity contribution in [3.05, 3.63) is 16.7 Å². The number of hydrogen-bond donors (Lipinski definition) is 3. The Morgan fingerprint density at radius 3 is 2.82 bits per heavy atom. The minimum atomic E-state index is -3.38. The summed E-state index contributed by atoms with van der Waals surface area (Å²) in [5, 5.41) is -0.724. The fraction of sp³-hybridized carbons (Fsp3) is 0.583. The third kappa shape index (κ3) is 3.37. The molecule has 2 heterocycles. The maximum absolute atomic E-state index is 12.0. The monoisotopic (exact) mass is 329 g/mol. The summed E-state index contributed by atoms with van der Waals surface area (Å²) in [6.07, 6.45) is 1.23. The highest BCUT2D eigenvalue weighted by atomic mass is 31.2. The number of rotatable bonds is 5. The van der Waals surface area contributed by atoms with Crippen molar-refractivity contribution in [3.8, 4) is 0 Å². The van der Waals surface area contributed by atoms with Gasteiger partial charge in [-0.3, -0.25) is 14.3 Å². The Kier molecular flexibility index (Phi) is 4.42. The lowest BCUT2D eigenvalue weighted by Crippen LogP contribution is -2.19. The molecule has 22 heavy (non-hydrogen) atoms. The predicted octanol–water partition coefficient (Wildman–Crippen LogP) is 0.745. The standard InChI is InChI=1S/C12H20N5O4P/c1-12(2,3)22(19,20)7-21-5-4-17-6-14-8-9(17)15-11(13)16-10(8)18/h6H,4-5,7H2,1-3H3,(H,19,20)(H3,13,15,16,18). The minimum absolute atomic E-state index is 0.00719. The van der Waals surface area contributed by atoms with E-state index in [1.54, 1.807) is 25.3 Å². The van der Waals surface area contributed by atoms with Gasteiger partial charge in [-0.25, -0.2) is 4.98 Å². The van der Waals surface area contributed by atoms with E-state index < -0.39 is 18.1 Å². The van der Waals surface area contributed by atoms with Crippen LogP contribution in [0.15, 0.2) is 11.1 Å². The zero-order valence-corrected chi connectivity index (χ0v) is 13.6. The fourth-order valence-electron chi connectivity index (χ4n) is 1.68. The normalized spacial score (nSPS) is 15.1. The molecule has 4 N–H and O–H groups in total. The molecule has 0 saturated heterocycles. The molecule has 0 spiro atoms.